The molecule has 0 N–H and O–H groups in total. The maximum Gasteiger partial charge on any atom is 0.259 e. The van der Waals surface area contributed by atoms with Gasteiger partial charge in [-0.05, 0) is 19.8 Å². The largest absolute Gasteiger partial charge is 0.361 e. The number of nitrogens with zero attached hydrogens (tertiary/aromatic N) is 4. The van der Waals surface area contributed by atoms with Crippen LogP contribution < -0.4 is 0 Å². The zero-order valence-electron chi connectivity index (χ0n) is 11.1. The number of carbonyl (C=O) groups excluding carboxylic acids is 1. The Hall–Kier alpha value is -2.24. The molecule has 2 bridgehead atoms. The monoisotopic (exact) mass is 270 g/mol. The predicted octanol–water partition coefficient (Wildman–Crippen LogP) is 1.68. The van der Waals surface area contributed by atoms with Crippen molar-refractivity contribution in [1.29, 1.82) is 0 Å². The van der Waals surface area contributed by atoms with Crippen LogP contribution in [0.3, 0.4) is 0 Å². The van der Waals surface area contributed by atoms with E-state index in [9.17, 15) is 4.79 Å². The summed E-state index contributed by atoms with van der Waals surface area (Å²) in [5.41, 5.74) is 2.73. The van der Waals surface area contributed by atoms with E-state index in [-0.39, 0.29) is 18.0 Å². The third kappa shape index (κ3) is 1.51. The Labute approximate surface area is 115 Å². The van der Waals surface area contributed by atoms with Gasteiger partial charge in [-0.2, -0.15) is 0 Å². The van der Waals surface area contributed by atoms with Gasteiger partial charge in [0, 0.05) is 24.2 Å². The highest BCUT2D eigenvalue weighted by molar-refractivity contribution is 5.95. The summed E-state index contributed by atoms with van der Waals surface area (Å²) in [6.07, 6.45) is 7.73. The van der Waals surface area contributed by atoms with Crippen LogP contribution in [-0.4, -0.2) is 32.0 Å². The first kappa shape index (κ1) is 11.6. The number of hydrogen-bond acceptors (Lipinski definition) is 5. The van der Waals surface area contributed by atoms with Gasteiger partial charge in [0.15, 0.2) is 0 Å². The van der Waals surface area contributed by atoms with Gasteiger partial charge >= 0.3 is 0 Å². The Morgan fingerprint density at radius 3 is 3.10 bits per heavy atom. The molecule has 0 aliphatic carbocycles. The topological polar surface area (TPSA) is 72.1 Å². The number of rotatable bonds is 1. The number of aromatic nitrogens is 3. The highest BCUT2D eigenvalue weighted by Crippen LogP contribution is 2.43. The smallest absolute Gasteiger partial charge is 0.259 e. The van der Waals surface area contributed by atoms with Crippen LogP contribution in [0.2, 0.25) is 0 Å². The molecule has 0 spiro atoms. The van der Waals surface area contributed by atoms with Gasteiger partial charge in [0.05, 0.1) is 17.9 Å². The maximum atomic E-state index is 12.7. The first-order valence-electron chi connectivity index (χ1n) is 6.78. The quantitative estimate of drug-likeness (QED) is 0.788. The van der Waals surface area contributed by atoms with Crippen molar-refractivity contribution in [3.8, 4) is 0 Å². The van der Waals surface area contributed by atoms with Crippen molar-refractivity contribution in [2.45, 2.75) is 38.3 Å². The van der Waals surface area contributed by atoms with Gasteiger partial charge in [0.1, 0.15) is 17.7 Å². The molecule has 102 valence electrons. The van der Waals surface area contributed by atoms with Crippen LogP contribution in [0.1, 0.15) is 46.3 Å². The Morgan fingerprint density at radius 1 is 1.40 bits per heavy atom. The molecule has 0 aromatic carbocycles. The van der Waals surface area contributed by atoms with Crippen LogP contribution >= 0.6 is 0 Å². The minimum Gasteiger partial charge on any atom is -0.361 e. The van der Waals surface area contributed by atoms with E-state index in [0.29, 0.717) is 11.3 Å². The number of carbonyl (C=O) groups is 1. The van der Waals surface area contributed by atoms with Gasteiger partial charge in [-0.3, -0.25) is 4.79 Å². The third-order valence-corrected chi connectivity index (χ3v) is 4.33. The minimum atomic E-state index is 0.00533. The molecular weight excluding hydrogens is 256 g/mol. The summed E-state index contributed by atoms with van der Waals surface area (Å²) < 4.78 is 5.01. The molecule has 20 heavy (non-hydrogen) atoms. The average Bonchev–Trinajstić information content (AvgIpc) is 3.02. The van der Waals surface area contributed by atoms with Gasteiger partial charge in [0.2, 0.25) is 0 Å². The molecule has 2 aliphatic heterocycles. The molecule has 2 aromatic rings. The van der Waals surface area contributed by atoms with Crippen molar-refractivity contribution < 1.29 is 9.32 Å². The molecule has 2 aromatic heterocycles. The Bertz CT molecular complexity index is 681. The molecule has 0 radical (unpaired) electrons. The summed E-state index contributed by atoms with van der Waals surface area (Å²) >= 11 is 0. The summed E-state index contributed by atoms with van der Waals surface area (Å²) in [6.45, 7) is 1.77. The average molecular weight is 270 g/mol. The van der Waals surface area contributed by atoms with Crippen molar-refractivity contribution in [2.75, 3.05) is 0 Å². The molecular formula is C14H14N4O2. The highest BCUT2D eigenvalue weighted by atomic mass is 16.5. The van der Waals surface area contributed by atoms with Crippen molar-refractivity contribution in [3.63, 3.8) is 0 Å². The van der Waals surface area contributed by atoms with Gasteiger partial charge in [-0.1, -0.05) is 5.16 Å². The minimum absolute atomic E-state index is 0.00533. The second kappa shape index (κ2) is 4.13. The lowest BCUT2D eigenvalue weighted by Gasteiger charge is -2.35. The number of hydrogen-bond donors (Lipinski definition) is 0. The second-order valence-corrected chi connectivity index (χ2v) is 5.38. The lowest BCUT2D eigenvalue weighted by Crippen LogP contribution is -2.42. The van der Waals surface area contributed by atoms with Crippen molar-refractivity contribution >= 4 is 5.91 Å². The zero-order chi connectivity index (χ0) is 13.7. The van der Waals surface area contributed by atoms with Crippen LogP contribution in [0.15, 0.2) is 23.2 Å². The fourth-order valence-corrected chi connectivity index (χ4v) is 3.38. The first-order valence-corrected chi connectivity index (χ1v) is 6.78. The second-order valence-electron chi connectivity index (χ2n) is 5.38. The van der Waals surface area contributed by atoms with E-state index in [4.69, 9.17) is 4.52 Å². The van der Waals surface area contributed by atoms with E-state index in [1.807, 2.05) is 11.1 Å². The van der Waals surface area contributed by atoms with E-state index in [2.05, 4.69) is 15.1 Å². The van der Waals surface area contributed by atoms with Gasteiger partial charge < -0.3 is 9.42 Å². The van der Waals surface area contributed by atoms with Crippen LogP contribution in [0.4, 0.5) is 0 Å². The summed E-state index contributed by atoms with van der Waals surface area (Å²) in [6, 6.07) is 0.316. The van der Waals surface area contributed by atoms with E-state index < -0.39 is 0 Å². The molecule has 2 atom stereocenters. The third-order valence-electron chi connectivity index (χ3n) is 4.33. The summed E-state index contributed by atoms with van der Waals surface area (Å²) in [7, 11) is 0. The van der Waals surface area contributed by atoms with Gasteiger partial charge in [0.25, 0.3) is 5.91 Å². The van der Waals surface area contributed by atoms with Crippen molar-refractivity contribution in [2.24, 2.45) is 0 Å². The van der Waals surface area contributed by atoms with Gasteiger partial charge in [-0.25, -0.2) is 9.97 Å². The fraction of sp³-hybridized carbons (Fsp3) is 0.429. The van der Waals surface area contributed by atoms with Crippen LogP contribution in [-0.2, 0) is 6.42 Å². The highest BCUT2D eigenvalue weighted by Gasteiger charge is 2.44. The SMILES string of the molecule is Cc1oncc1C(=O)N1C2CCC1c1cncnc1C2. The van der Waals surface area contributed by atoms with Crippen molar-refractivity contribution in [3.05, 3.63) is 41.3 Å². The summed E-state index contributed by atoms with van der Waals surface area (Å²) in [4.78, 5) is 23.2. The first-order chi connectivity index (χ1) is 9.75. The number of aryl methyl sites for hydroxylation is 1. The van der Waals surface area contributed by atoms with Crippen LogP contribution in [0.5, 0.6) is 0 Å². The Morgan fingerprint density at radius 2 is 2.30 bits per heavy atom. The predicted molar refractivity (Wildman–Crippen MR) is 68.9 cm³/mol. The van der Waals surface area contributed by atoms with Gasteiger partial charge in [-0.15, -0.1) is 0 Å². The molecule has 6 nitrogen and oxygen atoms in total. The van der Waals surface area contributed by atoms with Crippen molar-refractivity contribution in [1.82, 2.24) is 20.0 Å². The van der Waals surface area contributed by atoms with Crippen LogP contribution in [0, 0.1) is 6.92 Å². The molecule has 1 fully saturated rings. The maximum absolute atomic E-state index is 12.7. The molecule has 2 aliphatic rings. The molecule has 1 saturated heterocycles. The Kier molecular flexibility index (Phi) is 2.39. The normalized spacial score (nSPS) is 23.8. The molecule has 2 unspecified atom stereocenters. The van der Waals surface area contributed by atoms with Crippen LogP contribution in [0.25, 0.3) is 0 Å². The summed E-state index contributed by atoms with van der Waals surface area (Å²) in [5, 5.41) is 3.71. The number of amides is 1. The Balaban J connectivity index is 1.75. The fourth-order valence-electron chi connectivity index (χ4n) is 3.38. The lowest BCUT2D eigenvalue weighted by molar-refractivity contribution is 0.0642. The molecule has 4 heterocycles. The van der Waals surface area contributed by atoms with E-state index >= 15 is 0 Å². The zero-order valence-corrected chi connectivity index (χ0v) is 11.1. The lowest BCUT2D eigenvalue weighted by atomic mass is 9.98. The number of fused-ring (bicyclic) bond motifs is 4. The summed E-state index contributed by atoms with van der Waals surface area (Å²) in [5.74, 6) is 0.579. The van der Waals surface area contributed by atoms with E-state index in [0.717, 1.165) is 30.5 Å². The molecule has 0 saturated carbocycles. The standard InChI is InChI=1S/C14H14N4O2/c1-8-10(6-17-20-8)14(19)18-9-2-3-13(18)11-5-15-7-16-12(11)4-9/h5-7,9,13H,2-4H2,1H3. The van der Waals surface area contributed by atoms with E-state index in [1.54, 1.807) is 13.3 Å². The van der Waals surface area contributed by atoms with E-state index in [1.165, 1.54) is 6.20 Å². The molecule has 1 amide bonds. The molecule has 6 heteroatoms. The molecule has 4 rings (SSSR count).